The zero-order valence-corrected chi connectivity index (χ0v) is 13.2. The van der Waals surface area contributed by atoms with Crippen LogP contribution in [0.3, 0.4) is 0 Å². The zero-order valence-electron chi connectivity index (χ0n) is 11.0. The summed E-state index contributed by atoms with van der Waals surface area (Å²) in [6, 6.07) is 0. The van der Waals surface area contributed by atoms with Gasteiger partial charge in [-0.3, -0.25) is 0 Å². The van der Waals surface area contributed by atoms with Gasteiger partial charge in [-0.25, -0.2) is 0 Å². The normalized spacial score (nSPS) is 11.9. The van der Waals surface area contributed by atoms with Crippen molar-refractivity contribution in [2.75, 3.05) is 4.43 Å². The molecule has 1 atom stereocenters. The van der Waals surface area contributed by atoms with Crippen LogP contribution in [-0.4, -0.2) is 4.43 Å². The second-order valence-electron chi connectivity index (χ2n) is 4.64. The van der Waals surface area contributed by atoms with E-state index < -0.39 is 0 Å². The van der Waals surface area contributed by atoms with Gasteiger partial charge in [0.1, 0.15) is 0 Å². The first-order valence-electron chi connectivity index (χ1n) is 6.83. The van der Waals surface area contributed by atoms with Crippen molar-refractivity contribution in [3.05, 3.63) is 0 Å². The molecule has 0 nitrogen and oxygen atoms in total. The maximum absolute atomic E-state index is 3.31. The minimum Gasteiger partial charge on any atom is -0.103 e. The molecule has 0 radical (unpaired) electrons. The van der Waals surface area contributed by atoms with E-state index in [0.717, 1.165) is 18.8 Å². The van der Waals surface area contributed by atoms with Gasteiger partial charge in [0, 0.05) is 12.8 Å². The molecule has 0 aromatic heterocycles. The first kappa shape index (κ1) is 16.3. The molecule has 0 saturated carbocycles. The third-order valence-electron chi connectivity index (χ3n) is 2.89. The lowest BCUT2D eigenvalue weighted by Gasteiger charge is -2.05. The number of rotatable bonds is 9. The molecule has 94 valence electrons. The van der Waals surface area contributed by atoms with E-state index in [-0.39, 0.29) is 0 Å². The van der Waals surface area contributed by atoms with Crippen molar-refractivity contribution in [2.24, 2.45) is 5.92 Å². The van der Waals surface area contributed by atoms with E-state index in [9.17, 15) is 0 Å². The Morgan fingerprint density at radius 1 is 0.938 bits per heavy atom. The van der Waals surface area contributed by atoms with Gasteiger partial charge >= 0.3 is 0 Å². The lowest BCUT2D eigenvalue weighted by atomic mass is 10.0. The predicted molar refractivity (Wildman–Crippen MR) is 83.1 cm³/mol. The molecule has 0 heterocycles. The molecule has 0 aromatic carbocycles. The maximum Gasteiger partial charge on any atom is 0.00912 e. The average Bonchev–Trinajstić information content (AvgIpc) is 2.27. The van der Waals surface area contributed by atoms with E-state index in [4.69, 9.17) is 0 Å². The molecule has 0 aromatic rings. The molecule has 0 rings (SSSR count). The van der Waals surface area contributed by atoms with Gasteiger partial charge < -0.3 is 0 Å². The molecule has 1 heteroatoms. The summed E-state index contributed by atoms with van der Waals surface area (Å²) in [5.74, 6) is 7.48. The third kappa shape index (κ3) is 12.4. The van der Waals surface area contributed by atoms with Crippen molar-refractivity contribution < 1.29 is 0 Å². The molecule has 0 spiro atoms. The summed E-state index contributed by atoms with van der Waals surface area (Å²) in [6.07, 6.45) is 11.6. The standard InChI is InChI=1S/C15H27I/c1-3-4-5-6-7-8-9-10-11-12-15(2)13-14-16/h15H,3-8,11-14H2,1-2H3. The Morgan fingerprint density at radius 3 is 2.31 bits per heavy atom. The van der Waals surface area contributed by atoms with Gasteiger partial charge in [0.25, 0.3) is 0 Å². The van der Waals surface area contributed by atoms with Crippen molar-refractivity contribution in [1.29, 1.82) is 0 Å². The van der Waals surface area contributed by atoms with Crippen LogP contribution in [0, 0.1) is 17.8 Å². The van der Waals surface area contributed by atoms with E-state index >= 15 is 0 Å². The van der Waals surface area contributed by atoms with Gasteiger partial charge in [0.05, 0.1) is 0 Å². The molecule has 0 saturated heterocycles. The smallest absolute Gasteiger partial charge is 0.00912 e. The molecular formula is C15H27I. The Kier molecular flexibility index (Phi) is 13.6. The van der Waals surface area contributed by atoms with E-state index in [2.05, 4.69) is 48.3 Å². The topological polar surface area (TPSA) is 0 Å². The summed E-state index contributed by atoms with van der Waals surface area (Å²) in [4.78, 5) is 0. The Bertz CT molecular complexity index is 187. The first-order valence-corrected chi connectivity index (χ1v) is 8.35. The molecule has 0 aliphatic carbocycles. The minimum absolute atomic E-state index is 0.857. The highest BCUT2D eigenvalue weighted by Gasteiger charge is 1.98. The zero-order chi connectivity index (χ0) is 12.1. The SMILES string of the molecule is CCCCCCCC#CCCC(C)CCI. The summed E-state index contributed by atoms with van der Waals surface area (Å²) in [5.41, 5.74) is 0. The Balaban J connectivity index is 3.21. The maximum atomic E-state index is 3.31. The van der Waals surface area contributed by atoms with Crippen LogP contribution >= 0.6 is 22.6 Å². The van der Waals surface area contributed by atoms with Crippen molar-refractivity contribution in [3.8, 4) is 11.8 Å². The highest BCUT2D eigenvalue weighted by Crippen LogP contribution is 2.11. The van der Waals surface area contributed by atoms with Gasteiger partial charge in [-0.2, -0.15) is 0 Å². The van der Waals surface area contributed by atoms with E-state index in [1.54, 1.807) is 0 Å². The molecule has 16 heavy (non-hydrogen) atoms. The second kappa shape index (κ2) is 13.4. The number of halogens is 1. The van der Waals surface area contributed by atoms with Crippen LogP contribution in [0.15, 0.2) is 0 Å². The predicted octanol–water partition coefficient (Wildman–Crippen LogP) is 5.59. The summed E-state index contributed by atoms with van der Waals surface area (Å²) in [7, 11) is 0. The van der Waals surface area contributed by atoms with E-state index in [1.165, 1.54) is 49.4 Å². The second-order valence-corrected chi connectivity index (χ2v) is 5.72. The fourth-order valence-electron chi connectivity index (χ4n) is 1.64. The van der Waals surface area contributed by atoms with Crippen molar-refractivity contribution in [2.45, 2.75) is 71.6 Å². The lowest BCUT2D eigenvalue weighted by Crippen LogP contribution is -1.93. The first-order chi connectivity index (χ1) is 7.81. The fraction of sp³-hybridized carbons (Fsp3) is 0.867. The fourth-order valence-corrected chi connectivity index (χ4v) is 2.71. The quantitative estimate of drug-likeness (QED) is 0.223. The molecule has 0 aliphatic heterocycles. The van der Waals surface area contributed by atoms with Crippen LogP contribution in [0.25, 0.3) is 0 Å². The molecule has 0 aliphatic rings. The highest BCUT2D eigenvalue weighted by atomic mass is 127. The van der Waals surface area contributed by atoms with Crippen LogP contribution in [0.1, 0.15) is 71.6 Å². The number of unbranched alkanes of at least 4 members (excludes halogenated alkanes) is 5. The van der Waals surface area contributed by atoms with Crippen molar-refractivity contribution in [3.63, 3.8) is 0 Å². The highest BCUT2D eigenvalue weighted by molar-refractivity contribution is 14.1. The van der Waals surface area contributed by atoms with Crippen LogP contribution in [0.5, 0.6) is 0 Å². The molecular weight excluding hydrogens is 307 g/mol. The largest absolute Gasteiger partial charge is 0.103 e. The van der Waals surface area contributed by atoms with Gasteiger partial charge in [0.2, 0.25) is 0 Å². The number of alkyl halides is 1. The van der Waals surface area contributed by atoms with Crippen LogP contribution in [0.2, 0.25) is 0 Å². The van der Waals surface area contributed by atoms with Gasteiger partial charge in [-0.15, -0.1) is 11.8 Å². The minimum atomic E-state index is 0.857. The van der Waals surface area contributed by atoms with Gasteiger partial charge in [0.15, 0.2) is 0 Å². The average molecular weight is 334 g/mol. The molecule has 0 N–H and O–H groups in total. The lowest BCUT2D eigenvalue weighted by molar-refractivity contribution is 0.532. The van der Waals surface area contributed by atoms with Crippen molar-refractivity contribution in [1.82, 2.24) is 0 Å². The third-order valence-corrected chi connectivity index (χ3v) is 3.52. The monoisotopic (exact) mass is 334 g/mol. The summed E-state index contributed by atoms with van der Waals surface area (Å²) >= 11 is 2.46. The van der Waals surface area contributed by atoms with E-state index in [1.807, 2.05) is 0 Å². The summed E-state index contributed by atoms with van der Waals surface area (Å²) < 4.78 is 1.28. The summed E-state index contributed by atoms with van der Waals surface area (Å²) in [6.45, 7) is 4.60. The van der Waals surface area contributed by atoms with Gasteiger partial charge in [-0.1, -0.05) is 62.1 Å². The van der Waals surface area contributed by atoms with Gasteiger partial charge in [-0.05, 0) is 29.6 Å². The van der Waals surface area contributed by atoms with Crippen LogP contribution in [-0.2, 0) is 0 Å². The summed E-state index contributed by atoms with van der Waals surface area (Å²) in [5, 5.41) is 0. The Hall–Kier alpha value is 0.290. The molecule has 1 unspecified atom stereocenters. The Morgan fingerprint density at radius 2 is 1.62 bits per heavy atom. The van der Waals surface area contributed by atoms with Crippen LogP contribution < -0.4 is 0 Å². The van der Waals surface area contributed by atoms with Crippen molar-refractivity contribution >= 4 is 22.6 Å². The molecule has 0 fully saturated rings. The van der Waals surface area contributed by atoms with E-state index in [0.29, 0.717) is 0 Å². The van der Waals surface area contributed by atoms with Crippen LogP contribution in [0.4, 0.5) is 0 Å². The molecule has 0 amide bonds. The number of hydrogen-bond acceptors (Lipinski definition) is 0. The Labute approximate surface area is 116 Å². The number of hydrogen-bond donors (Lipinski definition) is 0. The molecule has 0 bridgehead atoms.